The molecule has 2 heterocycles. The van der Waals surface area contributed by atoms with E-state index in [1.165, 1.54) is 5.56 Å². The van der Waals surface area contributed by atoms with Crippen LogP contribution in [0.1, 0.15) is 0 Å². The predicted molar refractivity (Wildman–Crippen MR) is 257 cm³/mol. The molecule has 62 heavy (non-hydrogen) atoms. The number of aromatic nitrogens is 1. The Morgan fingerprint density at radius 2 is 0.790 bits per heavy atom. The van der Waals surface area contributed by atoms with Gasteiger partial charge in [-0.3, -0.25) is 0 Å². The third-order valence-corrected chi connectivity index (χ3v) is 11.8. The average molecular weight is 796 g/mol. The highest BCUT2D eigenvalue weighted by atomic mass is 16.3. The SMILES string of the molecule is c1ccc(-c2ccc(N(c3cccc(-c4nc5c6ccccc6c6cc(N(c7ccccc7)c7ccccc7)ccc6c5o4)c3)c3ccc4oc5ccccc5c4c3)cc2)cc1. The number of nitrogens with zero attached hydrogens (tertiary/aromatic N) is 3. The van der Waals surface area contributed by atoms with Gasteiger partial charge in [0.05, 0.1) is 0 Å². The van der Waals surface area contributed by atoms with Crippen LogP contribution in [0.25, 0.3) is 77.2 Å². The lowest BCUT2D eigenvalue weighted by atomic mass is 9.99. The number of anilines is 6. The first-order valence-corrected chi connectivity index (χ1v) is 20.9. The summed E-state index contributed by atoms with van der Waals surface area (Å²) in [4.78, 5) is 9.85. The molecule has 0 atom stereocenters. The Labute approximate surface area is 358 Å². The van der Waals surface area contributed by atoms with E-state index in [2.05, 4.69) is 216 Å². The second-order valence-electron chi connectivity index (χ2n) is 15.6. The number of oxazole rings is 1. The van der Waals surface area contributed by atoms with Gasteiger partial charge in [-0.05, 0) is 119 Å². The lowest BCUT2D eigenvalue weighted by Crippen LogP contribution is -2.10. The molecule has 0 aliphatic carbocycles. The maximum atomic E-state index is 6.90. The van der Waals surface area contributed by atoms with Gasteiger partial charge in [0, 0.05) is 61.2 Å². The zero-order chi connectivity index (χ0) is 41.0. The van der Waals surface area contributed by atoms with Crippen LogP contribution < -0.4 is 9.80 Å². The number of para-hydroxylation sites is 3. The molecule has 5 heteroatoms. The fourth-order valence-corrected chi connectivity index (χ4v) is 8.94. The molecule has 0 unspecified atom stereocenters. The van der Waals surface area contributed by atoms with Crippen molar-refractivity contribution in [2.45, 2.75) is 0 Å². The summed E-state index contributed by atoms with van der Waals surface area (Å²) < 4.78 is 13.1. The molecule has 0 spiro atoms. The summed E-state index contributed by atoms with van der Waals surface area (Å²) in [6.07, 6.45) is 0. The first kappa shape index (κ1) is 35.5. The van der Waals surface area contributed by atoms with Gasteiger partial charge in [0.1, 0.15) is 16.7 Å². The largest absolute Gasteiger partial charge is 0.456 e. The second-order valence-corrected chi connectivity index (χ2v) is 15.6. The average Bonchev–Trinajstić information content (AvgIpc) is 3.96. The van der Waals surface area contributed by atoms with E-state index in [0.29, 0.717) is 5.89 Å². The summed E-state index contributed by atoms with van der Waals surface area (Å²) >= 11 is 0. The van der Waals surface area contributed by atoms with Gasteiger partial charge >= 0.3 is 0 Å². The van der Waals surface area contributed by atoms with Crippen LogP contribution in [-0.2, 0) is 0 Å². The van der Waals surface area contributed by atoms with Crippen LogP contribution in [0.4, 0.5) is 34.1 Å². The molecular weight excluding hydrogens is 759 g/mol. The molecule has 12 aromatic rings. The van der Waals surface area contributed by atoms with Crippen LogP contribution in [0.15, 0.2) is 233 Å². The smallest absolute Gasteiger partial charge is 0.227 e. The minimum Gasteiger partial charge on any atom is -0.456 e. The molecule has 0 saturated heterocycles. The summed E-state index contributed by atoms with van der Waals surface area (Å²) in [6, 6.07) is 78.5. The first-order valence-electron chi connectivity index (χ1n) is 20.9. The fourth-order valence-electron chi connectivity index (χ4n) is 8.94. The molecule has 10 aromatic carbocycles. The minimum atomic E-state index is 0.564. The fraction of sp³-hybridized carbons (Fsp3) is 0. The Hall–Kier alpha value is -8.41. The van der Waals surface area contributed by atoms with Gasteiger partial charge in [-0.25, -0.2) is 4.98 Å². The molecule has 292 valence electrons. The predicted octanol–water partition coefficient (Wildman–Crippen LogP) is 16.3. The molecule has 0 radical (unpaired) electrons. The van der Waals surface area contributed by atoms with E-state index in [9.17, 15) is 0 Å². The van der Waals surface area contributed by atoms with Gasteiger partial charge in [0.25, 0.3) is 0 Å². The molecule has 0 fully saturated rings. The number of hydrogen-bond donors (Lipinski definition) is 0. The summed E-state index contributed by atoms with van der Waals surface area (Å²) in [5.41, 5.74) is 12.8. The van der Waals surface area contributed by atoms with E-state index in [-0.39, 0.29) is 0 Å². The van der Waals surface area contributed by atoms with Crippen LogP contribution in [0.3, 0.4) is 0 Å². The highest BCUT2D eigenvalue weighted by Gasteiger charge is 2.21. The zero-order valence-corrected chi connectivity index (χ0v) is 33.5. The number of hydrogen-bond acceptors (Lipinski definition) is 5. The molecule has 0 amide bonds. The van der Waals surface area contributed by atoms with E-state index < -0.39 is 0 Å². The number of furan rings is 1. The van der Waals surface area contributed by atoms with Gasteiger partial charge in [-0.2, -0.15) is 0 Å². The van der Waals surface area contributed by atoms with Crippen molar-refractivity contribution in [3.05, 3.63) is 224 Å². The lowest BCUT2D eigenvalue weighted by molar-refractivity contribution is 0.623. The Bertz CT molecular complexity index is 3540. The van der Waals surface area contributed by atoms with Gasteiger partial charge in [-0.15, -0.1) is 0 Å². The normalized spacial score (nSPS) is 11.5. The molecule has 5 nitrogen and oxygen atoms in total. The van der Waals surface area contributed by atoms with Crippen LogP contribution in [0, 0.1) is 0 Å². The van der Waals surface area contributed by atoms with E-state index in [1.54, 1.807) is 0 Å². The van der Waals surface area contributed by atoms with E-state index in [4.69, 9.17) is 13.8 Å². The zero-order valence-electron chi connectivity index (χ0n) is 33.5. The van der Waals surface area contributed by atoms with E-state index >= 15 is 0 Å². The van der Waals surface area contributed by atoms with Crippen LogP contribution in [0.5, 0.6) is 0 Å². The molecule has 0 N–H and O–H groups in total. The topological polar surface area (TPSA) is 45.7 Å². The maximum Gasteiger partial charge on any atom is 0.227 e. The number of benzene rings is 10. The minimum absolute atomic E-state index is 0.564. The van der Waals surface area contributed by atoms with Crippen molar-refractivity contribution in [1.82, 2.24) is 4.98 Å². The molecule has 2 aromatic heterocycles. The van der Waals surface area contributed by atoms with Crippen LogP contribution >= 0.6 is 0 Å². The standard InChI is InChI=1S/C57H37N3O2/c1-4-15-38(16-5-1)39-27-29-43(30-28-39)60(46-32-34-54-52(37-46)48-24-12-13-26-53(48)61-54)44-22-14-17-40(35-44)57-58-55-49-25-11-10-23-47(49)51-36-45(31-33-50(51)56(55)62-57)59(41-18-6-2-7-19-41)42-20-8-3-9-21-42/h1-37H. The van der Waals surface area contributed by atoms with Gasteiger partial charge in [0.15, 0.2) is 5.58 Å². The summed E-state index contributed by atoms with van der Waals surface area (Å²) in [5.74, 6) is 0.564. The van der Waals surface area contributed by atoms with Crippen molar-refractivity contribution in [2.24, 2.45) is 0 Å². The molecular formula is C57H37N3O2. The van der Waals surface area contributed by atoms with E-state index in [0.717, 1.165) is 99.8 Å². The van der Waals surface area contributed by atoms with Gasteiger partial charge in [-0.1, -0.05) is 127 Å². The second kappa shape index (κ2) is 14.7. The van der Waals surface area contributed by atoms with Crippen LogP contribution in [-0.4, -0.2) is 4.98 Å². The highest BCUT2D eigenvalue weighted by Crippen LogP contribution is 2.44. The lowest BCUT2D eigenvalue weighted by Gasteiger charge is -2.26. The number of rotatable bonds is 8. The quantitative estimate of drug-likeness (QED) is 0.143. The Balaban J connectivity index is 1.00. The van der Waals surface area contributed by atoms with Crippen molar-refractivity contribution in [3.63, 3.8) is 0 Å². The Kier molecular flexibility index (Phi) is 8.42. The maximum absolute atomic E-state index is 6.90. The van der Waals surface area contributed by atoms with Gasteiger partial charge < -0.3 is 18.6 Å². The first-order chi connectivity index (χ1) is 30.7. The van der Waals surface area contributed by atoms with Crippen molar-refractivity contribution >= 4 is 88.7 Å². The van der Waals surface area contributed by atoms with Crippen LogP contribution in [0.2, 0.25) is 0 Å². The summed E-state index contributed by atoms with van der Waals surface area (Å²) in [6.45, 7) is 0. The molecule has 0 aliphatic heterocycles. The third-order valence-electron chi connectivity index (χ3n) is 11.8. The highest BCUT2D eigenvalue weighted by molar-refractivity contribution is 6.23. The summed E-state index contributed by atoms with van der Waals surface area (Å²) in [7, 11) is 0. The van der Waals surface area contributed by atoms with Crippen molar-refractivity contribution < 1.29 is 8.83 Å². The Morgan fingerprint density at radius 1 is 0.290 bits per heavy atom. The molecule has 0 saturated carbocycles. The van der Waals surface area contributed by atoms with Crippen molar-refractivity contribution in [2.75, 3.05) is 9.80 Å². The van der Waals surface area contributed by atoms with E-state index in [1.807, 2.05) is 18.2 Å². The number of fused-ring (bicyclic) bond motifs is 9. The summed E-state index contributed by atoms with van der Waals surface area (Å²) in [5, 5.41) is 6.44. The molecule has 0 aliphatic rings. The van der Waals surface area contributed by atoms with Gasteiger partial charge in [0.2, 0.25) is 5.89 Å². The Morgan fingerprint density at radius 3 is 1.53 bits per heavy atom. The molecule has 0 bridgehead atoms. The van der Waals surface area contributed by atoms with Crippen molar-refractivity contribution in [1.29, 1.82) is 0 Å². The third kappa shape index (κ3) is 6.06. The molecule has 12 rings (SSSR count). The van der Waals surface area contributed by atoms with Crippen molar-refractivity contribution in [3.8, 4) is 22.6 Å². The monoisotopic (exact) mass is 795 g/mol.